The zero-order chi connectivity index (χ0) is 76.4. The maximum atomic E-state index is 10.6. The van der Waals surface area contributed by atoms with Gasteiger partial charge in [-0.15, -0.1) is 0 Å². The Bertz CT molecular complexity index is 3270. The first kappa shape index (κ1) is 90.3. The summed E-state index contributed by atoms with van der Waals surface area (Å²) in [6, 6.07) is 25.5. The minimum atomic E-state index is -1.18. The summed E-state index contributed by atoms with van der Waals surface area (Å²) in [4.78, 5) is 97.6. The Kier molecular flexibility index (Phi) is 43.9. The molecule has 0 aliphatic carbocycles. The van der Waals surface area contributed by atoms with Crippen LogP contribution in [0.2, 0.25) is 0 Å². The van der Waals surface area contributed by atoms with E-state index >= 15 is 0 Å². The number of aliphatic carboxylic acids is 9. The van der Waals surface area contributed by atoms with Crippen LogP contribution in [0.3, 0.4) is 0 Å². The van der Waals surface area contributed by atoms with Crippen LogP contribution in [0.1, 0.15) is 41.7 Å². The molecule has 2 heterocycles. The van der Waals surface area contributed by atoms with Gasteiger partial charge in [0.2, 0.25) is 0 Å². The average Bonchev–Trinajstić information content (AvgIpc) is 1.70. The van der Waals surface area contributed by atoms with Gasteiger partial charge in [0.25, 0.3) is 0 Å². The molecule has 0 aliphatic heterocycles. The van der Waals surface area contributed by atoms with Gasteiger partial charge in [-0.1, -0.05) is 72.8 Å². The Morgan fingerprint density at radius 3 is 0.707 bits per heavy atom. The zero-order valence-corrected chi connectivity index (χ0v) is 53.5. The number of carbonyl (C=O) groups is 9. The van der Waals surface area contributed by atoms with Crippen LogP contribution in [0.5, 0.6) is 17.2 Å². The molecule has 0 aliphatic rings. The van der Waals surface area contributed by atoms with Gasteiger partial charge in [-0.2, -0.15) is 0 Å². The second-order valence-electron chi connectivity index (χ2n) is 20.9. The summed E-state index contributed by atoms with van der Waals surface area (Å²) in [5.74, 6) is -9.24. The lowest BCUT2D eigenvalue weighted by molar-refractivity contribution is -0.141. The molecule has 36 nitrogen and oxygen atoms in total. The van der Waals surface area contributed by atoms with Crippen LogP contribution >= 0.6 is 0 Å². The molecule has 36 heteroatoms. The fraction of sp³-hybridized carbons (Fsp3) is 0.317. The van der Waals surface area contributed by atoms with Crippen LogP contribution in [0.4, 0.5) is 0 Å². The van der Waals surface area contributed by atoms with Gasteiger partial charge in [0, 0.05) is 47.0 Å². The highest BCUT2D eigenvalue weighted by atomic mass is 16.4. The van der Waals surface area contributed by atoms with E-state index in [0.29, 0.717) is 12.8 Å². The number of aromatic amines is 2. The van der Waals surface area contributed by atoms with Crippen molar-refractivity contribution in [2.75, 3.05) is 13.2 Å². The minimum Gasteiger partial charge on any atom is -0.508 e. The Balaban J connectivity index is 0. The Labute approximate surface area is 564 Å². The minimum absolute atomic E-state index is 0.160. The fourth-order valence-corrected chi connectivity index (χ4v) is 6.74. The normalized spacial score (nSPS) is 13.5. The number of aliphatic hydroxyl groups excluding tert-OH is 4. The van der Waals surface area contributed by atoms with Crippen LogP contribution in [0.15, 0.2) is 134 Å². The van der Waals surface area contributed by atoms with Crippen molar-refractivity contribution in [1.82, 2.24) is 9.97 Å². The Morgan fingerprint density at radius 1 is 0.323 bits per heavy atom. The van der Waals surface area contributed by atoms with Gasteiger partial charge in [0.15, 0.2) is 0 Å². The zero-order valence-electron chi connectivity index (χ0n) is 53.5. The monoisotopic (exact) mass is 1400 g/mol. The van der Waals surface area contributed by atoms with E-state index in [0.717, 1.165) is 49.6 Å². The number of para-hydroxylation sites is 2. The molecule has 0 unspecified atom stereocenters. The highest BCUT2D eigenvalue weighted by Crippen LogP contribution is 2.20. The summed E-state index contributed by atoms with van der Waals surface area (Å²) in [5, 5.41) is 137. The molecule has 0 fully saturated rings. The molecular formula is C63H89N11O25. The van der Waals surface area contributed by atoms with E-state index in [1.54, 1.807) is 36.4 Å². The Morgan fingerprint density at radius 2 is 0.535 bits per heavy atom. The number of aromatic nitrogens is 2. The molecular weight excluding hydrogens is 1310 g/mol. The van der Waals surface area contributed by atoms with E-state index in [2.05, 4.69) is 9.97 Å². The second-order valence-corrected chi connectivity index (χ2v) is 20.9. The van der Waals surface area contributed by atoms with E-state index in [9.17, 15) is 43.2 Å². The van der Waals surface area contributed by atoms with E-state index < -0.39 is 134 Å². The highest BCUT2D eigenvalue weighted by molar-refractivity contribution is 5.85. The summed E-state index contributed by atoms with van der Waals surface area (Å²) in [5.41, 5.74) is 52.6. The summed E-state index contributed by atoms with van der Waals surface area (Å²) in [7, 11) is 0. The molecule has 0 radical (unpaired) electrons. The molecule has 0 spiro atoms. The number of nitrogens with two attached hydrogens (primary N) is 9. The molecule has 546 valence electrons. The van der Waals surface area contributed by atoms with Crippen molar-refractivity contribution in [3.8, 4) is 17.2 Å². The Hall–Kier alpha value is -10.7. The quantitative estimate of drug-likeness (QED) is 0.0318. The van der Waals surface area contributed by atoms with Gasteiger partial charge in [0.05, 0.1) is 25.4 Å². The smallest absolute Gasteiger partial charge is 0.323 e. The number of hydrogen-bond acceptors (Lipinski definition) is 25. The van der Waals surface area contributed by atoms with Crippen molar-refractivity contribution < 1.29 is 125 Å². The number of hydrogen-bond donors (Lipinski definition) is 27. The lowest BCUT2D eigenvalue weighted by atomic mass is 10.1. The second kappa shape index (κ2) is 48.1. The van der Waals surface area contributed by atoms with Gasteiger partial charge >= 0.3 is 53.7 Å². The van der Waals surface area contributed by atoms with Crippen LogP contribution in [-0.4, -0.2) is 225 Å². The topological polar surface area (TPSA) is 743 Å². The molecule has 7 rings (SSSR count). The number of carboxylic acids is 9. The summed E-state index contributed by atoms with van der Waals surface area (Å²) in [6.07, 6.45) is 3.18. The average molecular weight is 1400 g/mol. The lowest BCUT2D eigenvalue weighted by Crippen LogP contribution is -2.39. The maximum Gasteiger partial charge on any atom is 0.323 e. The first-order valence-electron chi connectivity index (χ1n) is 29.0. The van der Waals surface area contributed by atoms with E-state index in [1.807, 2.05) is 60.9 Å². The molecule has 0 saturated heterocycles. The van der Waals surface area contributed by atoms with E-state index in [-0.39, 0.29) is 36.5 Å². The molecule has 0 bridgehead atoms. The number of aromatic hydroxyl groups is 3. The molecule has 0 amide bonds. The number of fused-ring (bicyclic) bond motifs is 2. The standard InChI is InChI=1S/2C11H12N2O2.3C9H11NO3.2C4H9NO3.2C3H7NO3/c2*12-9(11(14)15)5-7-6-13-10-4-2-1-3-8(7)10;3*10-8(9(12)13)5-6-1-3-7(11)4-2-6;2*1-2(6)3(5)4(7)8;2*4-2(1-5)3(6)7/h2*1-4,6,9,13H,5,12H2,(H,14,15);3*1-4,8,11H,5,10H2,(H,12,13);2*2-3,6H,5H2,1H3,(H,7,8);2*2,5H,1,4H2,(H,6,7)/t2*9-;3*8-;2*2-,3+;2*2-/m000001100/s1. The number of H-pyrrole nitrogens is 2. The first-order valence-corrected chi connectivity index (χ1v) is 29.0. The number of phenols is 3. The largest absolute Gasteiger partial charge is 0.508 e. The van der Waals surface area contributed by atoms with Crippen molar-refractivity contribution >= 4 is 75.5 Å². The highest BCUT2D eigenvalue weighted by Gasteiger charge is 2.19. The van der Waals surface area contributed by atoms with Crippen LogP contribution in [0, 0.1) is 0 Å². The van der Waals surface area contributed by atoms with E-state index in [1.165, 1.54) is 50.2 Å². The molecule has 36 N–H and O–H groups in total. The summed E-state index contributed by atoms with van der Waals surface area (Å²) >= 11 is 0. The number of phenolic OH excluding ortho intramolecular Hbond substituents is 3. The van der Waals surface area contributed by atoms with Crippen molar-refractivity contribution in [2.24, 2.45) is 51.6 Å². The SMILES string of the molecule is C[C@@H](O)[C@H](N)C(=O)O.C[C@@H](O)[C@H](N)C(=O)O.N[C@@H](CO)C(=O)O.N[C@@H](CO)C(=O)O.N[C@@H](Cc1c[nH]c2ccccc12)C(=O)O.N[C@@H](Cc1c[nH]c2ccccc12)C(=O)O.N[C@@H](Cc1ccc(O)cc1)C(=O)O.N[C@@H](Cc1ccc(O)cc1)C(=O)O.N[C@@H](Cc1ccc(O)cc1)C(=O)O. The third kappa shape index (κ3) is 39.2. The third-order valence-electron chi connectivity index (χ3n) is 12.6. The van der Waals surface area contributed by atoms with Gasteiger partial charge < -0.3 is 143 Å². The number of rotatable bonds is 23. The molecule has 0 saturated carbocycles. The van der Waals surface area contributed by atoms with Crippen molar-refractivity contribution in [3.05, 3.63) is 162 Å². The van der Waals surface area contributed by atoms with Gasteiger partial charge in [-0.25, -0.2) is 0 Å². The molecule has 7 aromatic rings. The van der Waals surface area contributed by atoms with Crippen LogP contribution < -0.4 is 51.6 Å². The number of nitrogens with one attached hydrogen (secondary N) is 2. The number of carboxylic acid groups (broad SMARTS) is 9. The third-order valence-corrected chi connectivity index (χ3v) is 12.6. The number of benzene rings is 5. The fourth-order valence-electron chi connectivity index (χ4n) is 6.74. The summed E-state index contributed by atoms with van der Waals surface area (Å²) < 4.78 is 0. The van der Waals surface area contributed by atoms with Crippen LogP contribution in [-0.2, 0) is 75.3 Å². The van der Waals surface area contributed by atoms with Gasteiger partial charge in [-0.05, 0) is 109 Å². The predicted octanol–water partition coefficient (Wildman–Crippen LogP) is -2.38. The summed E-state index contributed by atoms with van der Waals surface area (Å²) in [6.45, 7) is 1.65. The van der Waals surface area contributed by atoms with Crippen molar-refractivity contribution in [3.63, 3.8) is 0 Å². The van der Waals surface area contributed by atoms with Crippen molar-refractivity contribution in [2.45, 2.75) is 113 Å². The van der Waals surface area contributed by atoms with Crippen molar-refractivity contribution in [1.29, 1.82) is 0 Å². The van der Waals surface area contributed by atoms with Crippen LogP contribution in [0.25, 0.3) is 21.8 Å². The lowest BCUT2D eigenvalue weighted by Gasteiger charge is -2.07. The van der Waals surface area contributed by atoms with E-state index in [4.69, 9.17) is 133 Å². The predicted molar refractivity (Wildman–Crippen MR) is 357 cm³/mol. The molecule has 99 heavy (non-hydrogen) atoms. The first-order chi connectivity index (χ1) is 46.1. The maximum absolute atomic E-state index is 10.6. The molecule has 11 atom stereocenters. The number of aliphatic hydroxyl groups is 4. The molecule has 2 aromatic heterocycles. The van der Waals surface area contributed by atoms with Gasteiger partial charge in [0.1, 0.15) is 71.6 Å². The molecule has 5 aromatic carbocycles. The van der Waals surface area contributed by atoms with Gasteiger partial charge in [-0.3, -0.25) is 43.2 Å².